The number of hydrogen-bond acceptors (Lipinski definition) is 3. The summed E-state index contributed by atoms with van der Waals surface area (Å²) in [4.78, 5) is 2.19. The monoisotopic (exact) mass is 270 g/mol. The summed E-state index contributed by atoms with van der Waals surface area (Å²) >= 11 is 0. The van der Waals surface area contributed by atoms with Crippen LogP contribution in [0.4, 0.5) is 0 Å². The molecule has 2 rings (SSSR count). The van der Waals surface area contributed by atoms with Gasteiger partial charge in [0.25, 0.3) is 0 Å². The predicted octanol–water partition coefficient (Wildman–Crippen LogP) is 2.18. The third-order valence-electron chi connectivity index (χ3n) is 3.31. The molecule has 1 unspecified atom stereocenters. The van der Waals surface area contributed by atoms with Gasteiger partial charge in [-0.15, -0.1) is 0 Å². The van der Waals surface area contributed by atoms with Crippen molar-refractivity contribution >= 4 is 0 Å². The zero-order valence-electron chi connectivity index (χ0n) is 11.7. The molecule has 3 N–H and O–H groups in total. The van der Waals surface area contributed by atoms with Crippen molar-refractivity contribution in [2.45, 2.75) is 12.6 Å². The SMILES string of the molecule is NCCN(Cc1ccccc1)CC(O)c1ccccc1. The Kier molecular flexibility index (Phi) is 5.74. The molecule has 2 aromatic carbocycles. The third kappa shape index (κ3) is 4.46. The highest BCUT2D eigenvalue weighted by Gasteiger charge is 2.13. The van der Waals surface area contributed by atoms with Gasteiger partial charge in [-0.1, -0.05) is 60.7 Å². The molecule has 1 atom stereocenters. The van der Waals surface area contributed by atoms with E-state index in [1.807, 2.05) is 48.5 Å². The molecule has 20 heavy (non-hydrogen) atoms. The van der Waals surface area contributed by atoms with Crippen LogP contribution >= 0.6 is 0 Å². The third-order valence-corrected chi connectivity index (χ3v) is 3.31. The highest BCUT2D eigenvalue weighted by atomic mass is 16.3. The zero-order valence-corrected chi connectivity index (χ0v) is 11.7. The van der Waals surface area contributed by atoms with Crippen LogP contribution < -0.4 is 5.73 Å². The predicted molar refractivity (Wildman–Crippen MR) is 82.2 cm³/mol. The molecule has 106 valence electrons. The molecule has 2 aromatic rings. The molecule has 0 spiro atoms. The first-order valence-electron chi connectivity index (χ1n) is 6.99. The molecule has 0 aliphatic heterocycles. The van der Waals surface area contributed by atoms with Gasteiger partial charge in [-0.3, -0.25) is 4.90 Å². The number of nitrogens with zero attached hydrogens (tertiary/aromatic N) is 1. The second kappa shape index (κ2) is 7.80. The number of nitrogens with two attached hydrogens (primary N) is 1. The van der Waals surface area contributed by atoms with E-state index in [0.717, 1.165) is 18.7 Å². The molecule has 0 saturated carbocycles. The summed E-state index contributed by atoms with van der Waals surface area (Å²) in [5.74, 6) is 0. The molecule has 0 radical (unpaired) electrons. The Balaban J connectivity index is 1.98. The first-order valence-corrected chi connectivity index (χ1v) is 6.99. The maximum Gasteiger partial charge on any atom is 0.0917 e. The van der Waals surface area contributed by atoms with Crippen LogP contribution in [0.5, 0.6) is 0 Å². The fraction of sp³-hybridized carbons (Fsp3) is 0.294. The van der Waals surface area contributed by atoms with E-state index >= 15 is 0 Å². The van der Waals surface area contributed by atoms with Gasteiger partial charge >= 0.3 is 0 Å². The smallest absolute Gasteiger partial charge is 0.0917 e. The van der Waals surface area contributed by atoms with E-state index in [2.05, 4.69) is 17.0 Å². The minimum absolute atomic E-state index is 0.480. The summed E-state index contributed by atoms with van der Waals surface area (Å²) in [6, 6.07) is 20.0. The molecule has 0 heterocycles. The first kappa shape index (κ1) is 14.7. The van der Waals surface area contributed by atoms with Crippen molar-refractivity contribution in [2.24, 2.45) is 5.73 Å². The van der Waals surface area contributed by atoms with Gasteiger partial charge in [0.15, 0.2) is 0 Å². The van der Waals surface area contributed by atoms with Gasteiger partial charge in [0.05, 0.1) is 6.10 Å². The Morgan fingerprint density at radius 3 is 2.15 bits per heavy atom. The van der Waals surface area contributed by atoms with Crippen molar-refractivity contribution in [3.63, 3.8) is 0 Å². The quantitative estimate of drug-likeness (QED) is 0.811. The van der Waals surface area contributed by atoms with Crippen LogP contribution in [0.15, 0.2) is 60.7 Å². The van der Waals surface area contributed by atoms with E-state index in [4.69, 9.17) is 5.73 Å². The van der Waals surface area contributed by atoms with Crippen LogP contribution in [0.2, 0.25) is 0 Å². The summed E-state index contributed by atoms with van der Waals surface area (Å²) in [6.45, 7) is 2.77. The largest absolute Gasteiger partial charge is 0.387 e. The number of hydrogen-bond donors (Lipinski definition) is 2. The number of rotatable bonds is 7. The lowest BCUT2D eigenvalue weighted by Gasteiger charge is -2.24. The molecule has 0 saturated heterocycles. The highest BCUT2D eigenvalue weighted by molar-refractivity contribution is 5.18. The van der Waals surface area contributed by atoms with Crippen molar-refractivity contribution in [1.82, 2.24) is 4.90 Å². The first-order chi connectivity index (χ1) is 9.79. The van der Waals surface area contributed by atoms with Crippen molar-refractivity contribution in [3.8, 4) is 0 Å². The van der Waals surface area contributed by atoms with E-state index in [-0.39, 0.29) is 0 Å². The highest BCUT2D eigenvalue weighted by Crippen LogP contribution is 2.15. The topological polar surface area (TPSA) is 49.5 Å². The van der Waals surface area contributed by atoms with Crippen LogP contribution in [0, 0.1) is 0 Å². The molecular formula is C17H22N2O. The van der Waals surface area contributed by atoms with Crippen LogP contribution in [0.1, 0.15) is 17.2 Å². The molecule has 0 aromatic heterocycles. The Morgan fingerprint density at radius 1 is 0.950 bits per heavy atom. The molecule has 0 aliphatic carbocycles. The summed E-state index contributed by atoms with van der Waals surface area (Å²) < 4.78 is 0. The van der Waals surface area contributed by atoms with Gasteiger partial charge in [0.2, 0.25) is 0 Å². The molecule has 0 bridgehead atoms. The molecule has 3 heteroatoms. The number of aliphatic hydroxyl groups excluding tert-OH is 1. The van der Waals surface area contributed by atoms with E-state index in [1.54, 1.807) is 0 Å². The lowest BCUT2D eigenvalue weighted by atomic mass is 10.1. The van der Waals surface area contributed by atoms with Gasteiger partial charge < -0.3 is 10.8 Å². The fourth-order valence-electron chi connectivity index (χ4n) is 2.28. The minimum Gasteiger partial charge on any atom is -0.387 e. The van der Waals surface area contributed by atoms with Crippen molar-refractivity contribution in [1.29, 1.82) is 0 Å². The van der Waals surface area contributed by atoms with Gasteiger partial charge in [0.1, 0.15) is 0 Å². The number of benzene rings is 2. The average Bonchev–Trinajstić information content (AvgIpc) is 2.49. The van der Waals surface area contributed by atoms with Crippen LogP contribution in [-0.2, 0) is 6.54 Å². The van der Waals surface area contributed by atoms with E-state index in [9.17, 15) is 5.11 Å². The number of aliphatic hydroxyl groups is 1. The molecule has 3 nitrogen and oxygen atoms in total. The molecular weight excluding hydrogens is 248 g/mol. The summed E-state index contributed by atoms with van der Waals surface area (Å²) in [6.07, 6.45) is -0.480. The zero-order chi connectivity index (χ0) is 14.2. The fourth-order valence-corrected chi connectivity index (χ4v) is 2.28. The van der Waals surface area contributed by atoms with Crippen molar-refractivity contribution < 1.29 is 5.11 Å². The maximum absolute atomic E-state index is 10.3. The lowest BCUT2D eigenvalue weighted by molar-refractivity contribution is 0.111. The van der Waals surface area contributed by atoms with E-state index < -0.39 is 6.10 Å². The minimum atomic E-state index is -0.480. The maximum atomic E-state index is 10.3. The average molecular weight is 270 g/mol. The summed E-state index contributed by atoms with van der Waals surface area (Å²) in [5, 5.41) is 10.3. The van der Waals surface area contributed by atoms with Gasteiger partial charge in [-0.05, 0) is 11.1 Å². The summed E-state index contributed by atoms with van der Waals surface area (Å²) in [7, 11) is 0. The van der Waals surface area contributed by atoms with Gasteiger partial charge in [-0.2, -0.15) is 0 Å². The lowest BCUT2D eigenvalue weighted by Crippen LogP contribution is -2.32. The molecule has 0 aliphatic rings. The molecule has 0 fully saturated rings. The Bertz CT molecular complexity index is 487. The summed E-state index contributed by atoms with van der Waals surface area (Å²) in [5.41, 5.74) is 7.86. The van der Waals surface area contributed by atoms with Crippen LogP contribution in [0.25, 0.3) is 0 Å². The van der Waals surface area contributed by atoms with Crippen LogP contribution in [0.3, 0.4) is 0 Å². The molecule has 0 amide bonds. The Morgan fingerprint density at radius 2 is 1.55 bits per heavy atom. The second-order valence-electron chi connectivity index (χ2n) is 4.94. The Labute approximate surface area is 120 Å². The standard InChI is InChI=1S/C17H22N2O/c18-11-12-19(13-15-7-3-1-4-8-15)14-17(20)16-9-5-2-6-10-16/h1-10,17,20H,11-14,18H2. The van der Waals surface area contributed by atoms with Crippen LogP contribution in [-0.4, -0.2) is 29.6 Å². The van der Waals surface area contributed by atoms with Crippen molar-refractivity contribution in [2.75, 3.05) is 19.6 Å². The van der Waals surface area contributed by atoms with E-state index in [0.29, 0.717) is 13.1 Å². The van der Waals surface area contributed by atoms with Crippen molar-refractivity contribution in [3.05, 3.63) is 71.8 Å². The Hall–Kier alpha value is -1.68. The van der Waals surface area contributed by atoms with E-state index in [1.165, 1.54) is 5.56 Å². The second-order valence-corrected chi connectivity index (χ2v) is 4.94. The normalized spacial score (nSPS) is 12.6. The van der Waals surface area contributed by atoms with Gasteiger partial charge in [0, 0.05) is 26.2 Å². The van der Waals surface area contributed by atoms with Gasteiger partial charge in [-0.25, -0.2) is 0 Å².